The smallest absolute Gasteiger partial charge is 0.251 e. The van der Waals surface area contributed by atoms with E-state index in [9.17, 15) is 9.90 Å². The molecule has 0 aromatic heterocycles. The molecule has 2 N–H and O–H groups in total. The summed E-state index contributed by atoms with van der Waals surface area (Å²) in [5, 5.41) is 11.9. The van der Waals surface area contributed by atoms with Gasteiger partial charge in [-0.15, -0.1) is 0 Å². The SMILES string of the molecule is CNC(=O)c1ccc(CN2CCC[C@@H]2CO)cc1. The number of benzene rings is 1. The molecule has 0 saturated carbocycles. The van der Waals surface area contributed by atoms with Crippen molar-refractivity contribution in [1.29, 1.82) is 0 Å². The second kappa shape index (κ2) is 5.98. The summed E-state index contributed by atoms with van der Waals surface area (Å²) in [6.45, 7) is 2.12. The van der Waals surface area contributed by atoms with E-state index in [0.29, 0.717) is 11.6 Å². The minimum absolute atomic E-state index is 0.0593. The average molecular weight is 248 g/mol. The van der Waals surface area contributed by atoms with Crippen LogP contribution in [0.15, 0.2) is 24.3 Å². The van der Waals surface area contributed by atoms with E-state index in [2.05, 4.69) is 10.2 Å². The fraction of sp³-hybridized carbons (Fsp3) is 0.500. The molecule has 2 rings (SSSR count). The van der Waals surface area contributed by atoms with Crippen molar-refractivity contribution >= 4 is 5.91 Å². The number of likely N-dealkylation sites (tertiary alicyclic amines) is 1. The number of aliphatic hydroxyl groups is 1. The largest absolute Gasteiger partial charge is 0.395 e. The maximum absolute atomic E-state index is 11.4. The average Bonchev–Trinajstić information content (AvgIpc) is 2.86. The lowest BCUT2D eigenvalue weighted by Gasteiger charge is -2.22. The first-order valence-corrected chi connectivity index (χ1v) is 6.40. The molecule has 1 atom stereocenters. The van der Waals surface area contributed by atoms with Crippen molar-refractivity contribution in [3.63, 3.8) is 0 Å². The Labute approximate surface area is 108 Å². The number of nitrogens with one attached hydrogen (secondary N) is 1. The van der Waals surface area contributed by atoms with Gasteiger partial charge in [0.1, 0.15) is 0 Å². The van der Waals surface area contributed by atoms with Crippen molar-refractivity contribution in [3.8, 4) is 0 Å². The van der Waals surface area contributed by atoms with Gasteiger partial charge in [-0.3, -0.25) is 9.69 Å². The lowest BCUT2D eigenvalue weighted by molar-refractivity contribution is 0.0963. The molecule has 1 aromatic rings. The number of rotatable bonds is 4. The highest BCUT2D eigenvalue weighted by Crippen LogP contribution is 2.19. The molecule has 1 fully saturated rings. The second-order valence-corrected chi connectivity index (χ2v) is 4.73. The normalized spacial score (nSPS) is 20.0. The predicted molar refractivity (Wildman–Crippen MR) is 70.4 cm³/mol. The van der Waals surface area contributed by atoms with E-state index in [4.69, 9.17) is 0 Å². The molecule has 18 heavy (non-hydrogen) atoms. The first-order chi connectivity index (χ1) is 8.74. The van der Waals surface area contributed by atoms with E-state index < -0.39 is 0 Å². The third-order valence-corrected chi connectivity index (χ3v) is 3.54. The molecular weight excluding hydrogens is 228 g/mol. The van der Waals surface area contributed by atoms with Crippen molar-refractivity contribution in [2.75, 3.05) is 20.2 Å². The zero-order valence-electron chi connectivity index (χ0n) is 10.7. The number of hydrogen-bond acceptors (Lipinski definition) is 3. The minimum Gasteiger partial charge on any atom is -0.395 e. The minimum atomic E-state index is -0.0593. The Hall–Kier alpha value is -1.39. The van der Waals surface area contributed by atoms with Crippen LogP contribution in [-0.2, 0) is 6.54 Å². The van der Waals surface area contributed by atoms with Gasteiger partial charge in [0.25, 0.3) is 5.91 Å². The molecule has 1 heterocycles. The number of amides is 1. The zero-order valence-corrected chi connectivity index (χ0v) is 10.7. The molecule has 0 aliphatic carbocycles. The summed E-state index contributed by atoms with van der Waals surface area (Å²) in [7, 11) is 1.63. The summed E-state index contributed by atoms with van der Waals surface area (Å²) in [6.07, 6.45) is 2.23. The van der Waals surface area contributed by atoms with Crippen LogP contribution in [0.2, 0.25) is 0 Å². The number of carbonyl (C=O) groups is 1. The molecular formula is C14H20N2O2. The number of hydrogen-bond donors (Lipinski definition) is 2. The Morgan fingerprint density at radius 1 is 1.44 bits per heavy atom. The molecule has 0 unspecified atom stereocenters. The molecule has 1 saturated heterocycles. The number of aliphatic hydroxyl groups excluding tert-OH is 1. The van der Waals surface area contributed by atoms with Crippen LogP contribution >= 0.6 is 0 Å². The highest BCUT2D eigenvalue weighted by Gasteiger charge is 2.23. The quantitative estimate of drug-likeness (QED) is 0.836. The van der Waals surface area contributed by atoms with Crippen molar-refractivity contribution in [3.05, 3.63) is 35.4 Å². The highest BCUT2D eigenvalue weighted by atomic mass is 16.3. The Morgan fingerprint density at radius 3 is 2.78 bits per heavy atom. The van der Waals surface area contributed by atoms with E-state index in [0.717, 1.165) is 25.9 Å². The van der Waals surface area contributed by atoms with Gasteiger partial charge in [-0.2, -0.15) is 0 Å². The van der Waals surface area contributed by atoms with Crippen LogP contribution in [0.4, 0.5) is 0 Å². The first-order valence-electron chi connectivity index (χ1n) is 6.40. The first kappa shape index (κ1) is 13.1. The molecule has 1 aliphatic heterocycles. The van der Waals surface area contributed by atoms with E-state index >= 15 is 0 Å². The summed E-state index contributed by atoms with van der Waals surface area (Å²) in [6, 6.07) is 7.95. The molecule has 0 spiro atoms. The predicted octanol–water partition coefficient (Wildman–Crippen LogP) is 1.00. The van der Waals surface area contributed by atoms with Crippen molar-refractivity contribution in [2.24, 2.45) is 0 Å². The van der Waals surface area contributed by atoms with Gasteiger partial charge >= 0.3 is 0 Å². The molecule has 4 heteroatoms. The fourth-order valence-electron chi connectivity index (χ4n) is 2.45. The summed E-state index contributed by atoms with van der Waals surface area (Å²) in [4.78, 5) is 13.7. The number of nitrogens with zero attached hydrogens (tertiary/aromatic N) is 1. The van der Waals surface area contributed by atoms with Crippen molar-refractivity contribution in [1.82, 2.24) is 10.2 Å². The Bertz CT molecular complexity index is 403. The summed E-state index contributed by atoms with van der Waals surface area (Å²) in [5.74, 6) is -0.0593. The topological polar surface area (TPSA) is 52.6 Å². The van der Waals surface area contributed by atoms with E-state index in [1.165, 1.54) is 5.56 Å². The van der Waals surface area contributed by atoms with Crippen LogP contribution in [0.5, 0.6) is 0 Å². The Kier molecular flexibility index (Phi) is 4.33. The fourth-order valence-corrected chi connectivity index (χ4v) is 2.45. The Morgan fingerprint density at radius 2 is 2.17 bits per heavy atom. The van der Waals surface area contributed by atoms with Gasteiger partial charge in [0.2, 0.25) is 0 Å². The van der Waals surface area contributed by atoms with Crippen LogP contribution in [0.1, 0.15) is 28.8 Å². The molecule has 0 radical (unpaired) electrons. The van der Waals surface area contributed by atoms with Gasteiger partial charge in [0.15, 0.2) is 0 Å². The molecule has 1 aromatic carbocycles. The molecule has 0 bridgehead atoms. The van der Waals surface area contributed by atoms with Crippen LogP contribution in [-0.4, -0.2) is 42.2 Å². The van der Waals surface area contributed by atoms with Gasteiger partial charge in [-0.25, -0.2) is 0 Å². The molecule has 1 aliphatic rings. The number of carbonyl (C=O) groups excluding carboxylic acids is 1. The standard InChI is InChI=1S/C14H20N2O2/c1-15-14(18)12-6-4-11(5-7-12)9-16-8-2-3-13(16)10-17/h4-7,13,17H,2-3,8-10H2,1H3,(H,15,18)/t13-/m1/s1. The third-order valence-electron chi connectivity index (χ3n) is 3.54. The monoisotopic (exact) mass is 248 g/mol. The molecule has 4 nitrogen and oxygen atoms in total. The third kappa shape index (κ3) is 2.89. The zero-order chi connectivity index (χ0) is 13.0. The van der Waals surface area contributed by atoms with Gasteiger partial charge in [0.05, 0.1) is 6.61 Å². The van der Waals surface area contributed by atoms with E-state index in [1.807, 2.05) is 24.3 Å². The summed E-state index contributed by atoms with van der Waals surface area (Å²) in [5.41, 5.74) is 1.87. The van der Waals surface area contributed by atoms with Gasteiger partial charge < -0.3 is 10.4 Å². The van der Waals surface area contributed by atoms with Crippen LogP contribution in [0, 0.1) is 0 Å². The maximum atomic E-state index is 11.4. The maximum Gasteiger partial charge on any atom is 0.251 e. The highest BCUT2D eigenvalue weighted by molar-refractivity contribution is 5.93. The van der Waals surface area contributed by atoms with E-state index in [-0.39, 0.29) is 12.5 Å². The van der Waals surface area contributed by atoms with Crippen LogP contribution < -0.4 is 5.32 Å². The second-order valence-electron chi connectivity index (χ2n) is 4.73. The van der Waals surface area contributed by atoms with Crippen LogP contribution in [0.25, 0.3) is 0 Å². The van der Waals surface area contributed by atoms with Gasteiger partial charge in [-0.1, -0.05) is 12.1 Å². The summed E-state index contributed by atoms with van der Waals surface area (Å²) >= 11 is 0. The Balaban J connectivity index is 2.00. The van der Waals surface area contributed by atoms with Gasteiger partial charge in [0, 0.05) is 25.2 Å². The summed E-state index contributed by atoms with van der Waals surface area (Å²) < 4.78 is 0. The lowest BCUT2D eigenvalue weighted by atomic mass is 10.1. The molecule has 1 amide bonds. The molecule has 98 valence electrons. The van der Waals surface area contributed by atoms with Crippen LogP contribution in [0.3, 0.4) is 0 Å². The van der Waals surface area contributed by atoms with E-state index in [1.54, 1.807) is 7.05 Å². The van der Waals surface area contributed by atoms with Crippen molar-refractivity contribution in [2.45, 2.75) is 25.4 Å². The lowest BCUT2D eigenvalue weighted by Crippen LogP contribution is -2.31. The van der Waals surface area contributed by atoms with Crippen molar-refractivity contribution < 1.29 is 9.90 Å². The van der Waals surface area contributed by atoms with Gasteiger partial charge in [-0.05, 0) is 37.1 Å².